The van der Waals surface area contributed by atoms with Crippen LogP contribution in [0.1, 0.15) is 72.3 Å². The topological polar surface area (TPSA) is 81.0 Å². The number of benzene rings is 2. The Morgan fingerprint density at radius 1 is 0.949 bits per heavy atom. The van der Waals surface area contributed by atoms with Crippen molar-refractivity contribution in [1.82, 2.24) is 9.47 Å². The van der Waals surface area contributed by atoms with Crippen molar-refractivity contribution in [1.29, 1.82) is 0 Å². The third kappa shape index (κ3) is 4.19. The predicted molar refractivity (Wildman–Crippen MR) is 149 cm³/mol. The average molecular weight is 527 g/mol. The first-order chi connectivity index (χ1) is 19.0. The second kappa shape index (κ2) is 9.65. The van der Waals surface area contributed by atoms with Crippen LogP contribution in [-0.4, -0.2) is 58.5 Å². The first-order valence-corrected chi connectivity index (χ1v) is 14.3. The number of piperidine rings is 1. The van der Waals surface area contributed by atoms with Gasteiger partial charge in [-0.3, -0.25) is 4.79 Å². The minimum Gasteiger partial charge on any atom is -0.478 e. The zero-order valence-corrected chi connectivity index (χ0v) is 22.2. The molecule has 1 saturated carbocycles. The number of likely N-dealkylation sites (tertiary alicyclic amines) is 1. The highest BCUT2D eigenvalue weighted by atomic mass is 16.7. The smallest absolute Gasteiger partial charge is 0.335 e. The molecule has 1 spiro atoms. The van der Waals surface area contributed by atoms with Crippen molar-refractivity contribution >= 4 is 28.9 Å². The molecule has 2 saturated heterocycles. The number of fused-ring (bicyclic) bond motifs is 5. The highest BCUT2D eigenvalue weighted by Crippen LogP contribution is 2.46. The van der Waals surface area contributed by atoms with E-state index in [9.17, 15) is 14.7 Å². The van der Waals surface area contributed by atoms with E-state index in [2.05, 4.69) is 28.8 Å². The van der Waals surface area contributed by atoms with Gasteiger partial charge in [-0.2, -0.15) is 0 Å². The summed E-state index contributed by atoms with van der Waals surface area (Å²) in [5.74, 6) is -1.03. The first kappa shape index (κ1) is 24.6. The molecule has 7 rings (SSSR count). The Bertz CT molecular complexity index is 1480. The second-order valence-electron chi connectivity index (χ2n) is 11.4. The van der Waals surface area contributed by atoms with Crippen LogP contribution in [0.25, 0.3) is 28.2 Å². The molecule has 0 radical (unpaired) electrons. The molecule has 0 unspecified atom stereocenters. The number of carboxylic acid groups (broad SMARTS) is 1. The molecule has 2 aromatic carbocycles. The number of aromatic carboxylic acids is 1. The summed E-state index contributed by atoms with van der Waals surface area (Å²) in [6.07, 6.45) is 9.34. The standard InChI is InChI=1S/C32H34N2O5/c35-30(33-14-12-32(13-15-33)38-16-17-39-32)24-18-22-8-4-5-9-25(22)29-28(21-6-2-1-3-7-21)26-11-10-23(31(36)37)19-27(26)34(29)20-24/h4-5,8-11,18-19,21H,1-3,6-7,12-17,20H2,(H,36,37). The van der Waals surface area contributed by atoms with E-state index in [4.69, 9.17) is 9.47 Å². The van der Waals surface area contributed by atoms with Gasteiger partial charge < -0.3 is 24.0 Å². The monoisotopic (exact) mass is 526 g/mol. The third-order valence-electron chi connectivity index (χ3n) is 9.14. The molecule has 1 N–H and O–H groups in total. The van der Waals surface area contributed by atoms with Gasteiger partial charge in [-0.15, -0.1) is 0 Å². The fourth-order valence-electron chi connectivity index (χ4n) is 7.18. The molecule has 3 aromatic rings. The summed E-state index contributed by atoms with van der Waals surface area (Å²) in [6.45, 7) is 2.81. The first-order valence-electron chi connectivity index (χ1n) is 14.3. The molecule has 7 heteroatoms. The number of carbonyl (C=O) groups is 2. The van der Waals surface area contributed by atoms with E-state index < -0.39 is 11.8 Å². The number of carboxylic acids is 1. The Kier molecular flexibility index (Phi) is 6.09. The van der Waals surface area contributed by atoms with Crippen molar-refractivity contribution in [2.45, 2.75) is 63.2 Å². The van der Waals surface area contributed by atoms with Crippen molar-refractivity contribution in [2.75, 3.05) is 26.3 Å². The van der Waals surface area contributed by atoms with Gasteiger partial charge in [0.1, 0.15) is 0 Å². The summed E-state index contributed by atoms with van der Waals surface area (Å²) in [5.41, 5.74) is 6.48. The largest absolute Gasteiger partial charge is 0.478 e. The van der Waals surface area contributed by atoms with E-state index in [1.165, 1.54) is 24.8 Å². The molecule has 1 aliphatic carbocycles. The van der Waals surface area contributed by atoms with Crippen LogP contribution >= 0.6 is 0 Å². The quantitative estimate of drug-likeness (QED) is 0.465. The molecular weight excluding hydrogens is 492 g/mol. The SMILES string of the molecule is O=C(O)c1ccc2c(C3CCCCC3)c3n(c2c1)CC(C(=O)N1CCC2(CC1)OCCO2)=Cc1ccccc1-3. The number of hydrogen-bond donors (Lipinski definition) is 1. The Balaban J connectivity index is 1.35. The molecule has 202 valence electrons. The number of nitrogens with zero attached hydrogens (tertiary/aromatic N) is 2. The Hall–Kier alpha value is -3.42. The van der Waals surface area contributed by atoms with Crippen LogP contribution in [0.3, 0.4) is 0 Å². The van der Waals surface area contributed by atoms with E-state index in [1.54, 1.807) is 12.1 Å². The Labute approximate surface area is 228 Å². The number of amides is 1. The summed E-state index contributed by atoms with van der Waals surface area (Å²) < 4.78 is 14.0. The van der Waals surface area contributed by atoms with Gasteiger partial charge in [0.05, 0.1) is 31.0 Å². The van der Waals surface area contributed by atoms with E-state index in [0.29, 0.717) is 51.6 Å². The molecule has 3 aliphatic heterocycles. The summed E-state index contributed by atoms with van der Waals surface area (Å²) in [4.78, 5) is 27.9. The molecule has 1 aromatic heterocycles. The zero-order valence-electron chi connectivity index (χ0n) is 22.2. The molecule has 7 nitrogen and oxygen atoms in total. The van der Waals surface area contributed by atoms with Gasteiger partial charge in [0.2, 0.25) is 0 Å². The highest BCUT2D eigenvalue weighted by molar-refractivity contribution is 6.03. The van der Waals surface area contributed by atoms with Gasteiger partial charge in [0.15, 0.2) is 5.79 Å². The molecule has 4 heterocycles. The summed E-state index contributed by atoms with van der Waals surface area (Å²) >= 11 is 0. The van der Waals surface area contributed by atoms with Crippen LogP contribution in [0.2, 0.25) is 0 Å². The molecule has 0 bridgehead atoms. The van der Waals surface area contributed by atoms with Crippen LogP contribution in [0.4, 0.5) is 0 Å². The van der Waals surface area contributed by atoms with Crippen molar-refractivity contribution in [3.63, 3.8) is 0 Å². The number of ether oxygens (including phenoxy) is 2. The summed E-state index contributed by atoms with van der Waals surface area (Å²) in [5, 5.41) is 10.9. The van der Waals surface area contributed by atoms with Gasteiger partial charge in [-0.1, -0.05) is 49.6 Å². The van der Waals surface area contributed by atoms with Crippen LogP contribution in [0, 0.1) is 0 Å². The number of rotatable bonds is 3. The lowest BCUT2D eigenvalue weighted by Gasteiger charge is -2.37. The predicted octanol–water partition coefficient (Wildman–Crippen LogP) is 5.82. The summed E-state index contributed by atoms with van der Waals surface area (Å²) in [7, 11) is 0. The van der Waals surface area contributed by atoms with Crippen molar-refractivity contribution in [3.8, 4) is 11.3 Å². The molecule has 4 aliphatic rings. The van der Waals surface area contributed by atoms with Gasteiger partial charge in [-0.25, -0.2) is 4.79 Å². The molecular formula is C32H34N2O5. The number of hydrogen-bond acceptors (Lipinski definition) is 4. The molecule has 0 atom stereocenters. The third-order valence-corrected chi connectivity index (χ3v) is 9.14. The number of carbonyl (C=O) groups excluding carboxylic acids is 1. The van der Waals surface area contributed by atoms with Gasteiger partial charge >= 0.3 is 5.97 Å². The molecule has 3 fully saturated rings. The van der Waals surface area contributed by atoms with E-state index in [1.807, 2.05) is 17.0 Å². The van der Waals surface area contributed by atoms with Gasteiger partial charge in [-0.05, 0) is 48.1 Å². The lowest BCUT2D eigenvalue weighted by molar-refractivity contribution is -0.186. The van der Waals surface area contributed by atoms with Crippen LogP contribution in [0.5, 0.6) is 0 Å². The van der Waals surface area contributed by atoms with Crippen molar-refractivity contribution in [2.24, 2.45) is 0 Å². The lowest BCUT2D eigenvalue weighted by Crippen LogP contribution is -2.47. The van der Waals surface area contributed by atoms with Gasteiger partial charge in [0, 0.05) is 48.0 Å². The maximum Gasteiger partial charge on any atom is 0.335 e. The zero-order chi connectivity index (χ0) is 26.6. The maximum atomic E-state index is 14.0. The van der Waals surface area contributed by atoms with E-state index >= 15 is 0 Å². The number of aromatic nitrogens is 1. The Morgan fingerprint density at radius 2 is 1.69 bits per heavy atom. The minimum absolute atomic E-state index is 0.0287. The molecule has 39 heavy (non-hydrogen) atoms. The van der Waals surface area contributed by atoms with Crippen LogP contribution in [-0.2, 0) is 20.8 Å². The Morgan fingerprint density at radius 3 is 2.44 bits per heavy atom. The van der Waals surface area contributed by atoms with E-state index in [-0.39, 0.29) is 11.5 Å². The summed E-state index contributed by atoms with van der Waals surface area (Å²) in [6, 6.07) is 13.8. The second-order valence-corrected chi connectivity index (χ2v) is 11.4. The average Bonchev–Trinajstić information content (AvgIpc) is 3.50. The van der Waals surface area contributed by atoms with E-state index in [0.717, 1.165) is 46.1 Å². The van der Waals surface area contributed by atoms with Gasteiger partial charge in [0.25, 0.3) is 5.91 Å². The maximum absolute atomic E-state index is 14.0. The van der Waals surface area contributed by atoms with Crippen molar-refractivity contribution in [3.05, 3.63) is 64.7 Å². The highest BCUT2D eigenvalue weighted by Gasteiger charge is 2.41. The molecule has 1 amide bonds. The van der Waals surface area contributed by atoms with Crippen molar-refractivity contribution < 1.29 is 24.2 Å². The van der Waals surface area contributed by atoms with Crippen LogP contribution < -0.4 is 0 Å². The normalized spacial score (nSPS) is 20.9. The fourth-order valence-corrected chi connectivity index (χ4v) is 7.18. The lowest BCUT2D eigenvalue weighted by atomic mass is 9.81. The van der Waals surface area contributed by atoms with Crippen LogP contribution in [0.15, 0.2) is 48.0 Å². The fraction of sp³-hybridized carbons (Fsp3) is 0.438. The minimum atomic E-state index is -0.939.